The van der Waals surface area contributed by atoms with Gasteiger partial charge in [0.15, 0.2) is 6.61 Å². The van der Waals surface area contributed by atoms with Crippen molar-refractivity contribution in [2.24, 2.45) is 0 Å². The zero-order valence-electron chi connectivity index (χ0n) is 16.8. The quantitative estimate of drug-likeness (QED) is 0.612. The third kappa shape index (κ3) is 4.56. The maximum absolute atomic E-state index is 13.6. The van der Waals surface area contributed by atoms with Crippen molar-refractivity contribution in [3.05, 3.63) is 76.0 Å². The Morgan fingerprint density at radius 3 is 2.33 bits per heavy atom. The van der Waals surface area contributed by atoms with E-state index in [0.717, 1.165) is 40.5 Å². The molecular weight excluding hydrogens is 392 g/mol. The van der Waals surface area contributed by atoms with Crippen molar-refractivity contribution in [1.29, 1.82) is 0 Å². The van der Waals surface area contributed by atoms with Crippen molar-refractivity contribution in [3.63, 3.8) is 0 Å². The molecular formula is C23H21F2NO4. The van der Waals surface area contributed by atoms with Gasteiger partial charge in [-0.25, -0.2) is 18.6 Å². The smallest absolute Gasteiger partial charge is 0.341 e. The fourth-order valence-electron chi connectivity index (χ4n) is 3.34. The van der Waals surface area contributed by atoms with Crippen LogP contribution in [-0.2, 0) is 11.2 Å². The summed E-state index contributed by atoms with van der Waals surface area (Å²) in [6.07, 6.45) is 0.419. The van der Waals surface area contributed by atoms with Crippen molar-refractivity contribution < 1.29 is 28.5 Å². The van der Waals surface area contributed by atoms with E-state index in [2.05, 4.69) is 4.98 Å². The number of aliphatic carboxylic acids is 1. The van der Waals surface area contributed by atoms with Gasteiger partial charge in [0.2, 0.25) is 0 Å². The molecule has 2 N–H and O–H groups in total. The first kappa shape index (κ1) is 21.2. The fourth-order valence-corrected chi connectivity index (χ4v) is 3.34. The topological polar surface area (TPSA) is 79.7 Å². The Bertz CT molecular complexity index is 1110. The normalized spacial score (nSPS) is 10.8. The van der Waals surface area contributed by atoms with Crippen LogP contribution in [0.2, 0.25) is 0 Å². The largest absolute Gasteiger partial charge is 0.506 e. The molecule has 156 valence electrons. The molecule has 7 heteroatoms. The van der Waals surface area contributed by atoms with Crippen molar-refractivity contribution in [1.82, 2.24) is 4.98 Å². The Labute approximate surface area is 172 Å². The van der Waals surface area contributed by atoms with Crippen LogP contribution in [0.25, 0.3) is 11.3 Å². The summed E-state index contributed by atoms with van der Waals surface area (Å²) in [5.41, 5.74) is 4.48. The Morgan fingerprint density at radius 2 is 1.70 bits per heavy atom. The van der Waals surface area contributed by atoms with Gasteiger partial charge in [-0.15, -0.1) is 0 Å². The van der Waals surface area contributed by atoms with E-state index in [1.807, 2.05) is 20.8 Å². The molecule has 0 atom stereocenters. The molecule has 0 amide bonds. The van der Waals surface area contributed by atoms with E-state index in [-0.39, 0.29) is 17.0 Å². The van der Waals surface area contributed by atoms with Gasteiger partial charge in [-0.3, -0.25) is 0 Å². The highest BCUT2D eigenvalue weighted by Crippen LogP contribution is 2.32. The standard InChI is InChI=1S/C23H21F2NO4/c1-12-6-21(30-11-22(28)29)14(3)13(2)19(12)10-18-4-5-20(27)23(26-18)15-7-16(24)9-17(25)8-15/h4-9,27H,10-11H2,1-3H3,(H,28,29). The Morgan fingerprint density at radius 1 is 1.03 bits per heavy atom. The SMILES string of the molecule is Cc1cc(OCC(=O)O)c(C)c(C)c1Cc1ccc(O)c(-c2cc(F)cc(F)c2)n1. The second-order valence-electron chi connectivity index (χ2n) is 7.11. The van der Waals surface area contributed by atoms with Gasteiger partial charge in [-0.05, 0) is 73.4 Å². The van der Waals surface area contributed by atoms with Crippen LogP contribution in [0.4, 0.5) is 8.78 Å². The van der Waals surface area contributed by atoms with Gasteiger partial charge >= 0.3 is 5.97 Å². The summed E-state index contributed by atoms with van der Waals surface area (Å²) in [7, 11) is 0. The monoisotopic (exact) mass is 413 g/mol. The number of pyridine rings is 1. The van der Waals surface area contributed by atoms with Crippen LogP contribution in [0, 0.1) is 32.4 Å². The molecule has 0 radical (unpaired) electrons. The first-order valence-electron chi connectivity index (χ1n) is 9.25. The molecule has 5 nitrogen and oxygen atoms in total. The van der Waals surface area contributed by atoms with Gasteiger partial charge in [0.1, 0.15) is 28.8 Å². The molecule has 0 aliphatic rings. The number of aromatic nitrogens is 1. The average Bonchev–Trinajstić information content (AvgIpc) is 2.67. The molecule has 0 saturated heterocycles. The number of aryl methyl sites for hydroxylation is 1. The summed E-state index contributed by atoms with van der Waals surface area (Å²) in [4.78, 5) is 15.2. The molecule has 3 rings (SSSR count). The highest BCUT2D eigenvalue weighted by Gasteiger charge is 2.15. The molecule has 0 unspecified atom stereocenters. The van der Waals surface area contributed by atoms with Crippen LogP contribution in [0.5, 0.6) is 11.5 Å². The molecule has 0 saturated carbocycles. The van der Waals surface area contributed by atoms with Crippen molar-refractivity contribution in [3.8, 4) is 22.8 Å². The number of carboxylic acid groups (broad SMARTS) is 1. The summed E-state index contributed by atoms with van der Waals surface area (Å²) in [6, 6.07) is 7.87. The number of halogens is 2. The lowest BCUT2D eigenvalue weighted by atomic mass is 9.93. The molecule has 1 aromatic heterocycles. The lowest BCUT2D eigenvalue weighted by Crippen LogP contribution is -2.11. The number of carbonyl (C=O) groups is 1. The number of rotatable bonds is 6. The third-order valence-electron chi connectivity index (χ3n) is 4.99. The minimum absolute atomic E-state index is 0.0966. The van der Waals surface area contributed by atoms with Gasteiger partial charge < -0.3 is 14.9 Å². The lowest BCUT2D eigenvalue weighted by Gasteiger charge is -2.17. The number of hydrogen-bond acceptors (Lipinski definition) is 4. The predicted octanol–water partition coefficient (Wildman–Crippen LogP) is 4.71. The van der Waals surface area contributed by atoms with E-state index >= 15 is 0 Å². The molecule has 2 aromatic carbocycles. The molecule has 30 heavy (non-hydrogen) atoms. The second kappa shape index (κ2) is 8.49. The van der Waals surface area contributed by atoms with Crippen LogP contribution < -0.4 is 4.74 Å². The van der Waals surface area contributed by atoms with E-state index < -0.39 is 24.2 Å². The fraction of sp³-hybridized carbons (Fsp3) is 0.217. The molecule has 0 spiro atoms. The molecule has 0 aliphatic carbocycles. The zero-order chi connectivity index (χ0) is 22.0. The van der Waals surface area contributed by atoms with E-state index in [4.69, 9.17) is 9.84 Å². The van der Waals surface area contributed by atoms with Crippen LogP contribution in [0.1, 0.15) is 27.9 Å². The van der Waals surface area contributed by atoms with E-state index in [9.17, 15) is 18.7 Å². The van der Waals surface area contributed by atoms with Crippen molar-refractivity contribution >= 4 is 5.97 Å². The van der Waals surface area contributed by atoms with Gasteiger partial charge in [0.05, 0.1) is 0 Å². The average molecular weight is 413 g/mol. The molecule has 0 bridgehead atoms. The van der Waals surface area contributed by atoms with E-state index in [0.29, 0.717) is 17.9 Å². The molecule has 1 heterocycles. The van der Waals surface area contributed by atoms with Crippen molar-refractivity contribution in [2.45, 2.75) is 27.2 Å². The number of hydrogen-bond donors (Lipinski definition) is 2. The maximum Gasteiger partial charge on any atom is 0.341 e. The lowest BCUT2D eigenvalue weighted by molar-refractivity contribution is -0.139. The van der Waals surface area contributed by atoms with Crippen LogP contribution in [0.15, 0.2) is 36.4 Å². The maximum atomic E-state index is 13.6. The number of benzene rings is 2. The van der Waals surface area contributed by atoms with Crippen molar-refractivity contribution in [2.75, 3.05) is 6.61 Å². The summed E-state index contributed by atoms with van der Waals surface area (Å²) >= 11 is 0. The van der Waals surface area contributed by atoms with Gasteiger partial charge in [0, 0.05) is 23.7 Å². The van der Waals surface area contributed by atoms with Gasteiger partial charge in [-0.1, -0.05) is 0 Å². The first-order chi connectivity index (χ1) is 14.2. The summed E-state index contributed by atoms with van der Waals surface area (Å²) in [6.45, 7) is 5.22. The summed E-state index contributed by atoms with van der Waals surface area (Å²) in [5, 5.41) is 19.0. The Kier molecular flexibility index (Phi) is 6.01. The minimum Gasteiger partial charge on any atom is -0.506 e. The Hall–Kier alpha value is -3.48. The minimum atomic E-state index is -1.05. The third-order valence-corrected chi connectivity index (χ3v) is 4.99. The molecule has 0 fully saturated rings. The van der Waals surface area contributed by atoms with Gasteiger partial charge in [-0.2, -0.15) is 0 Å². The zero-order valence-corrected chi connectivity index (χ0v) is 16.8. The summed E-state index contributed by atoms with van der Waals surface area (Å²) in [5.74, 6) is -2.23. The number of ether oxygens (including phenoxy) is 1. The second-order valence-corrected chi connectivity index (χ2v) is 7.11. The van der Waals surface area contributed by atoms with Crippen LogP contribution in [-0.4, -0.2) is 27.8 Å². The number of aromatic hydroxyl groups is 1. The van der Waals surface area contributed by atoms with Crippen LogP contribution in [0.3, 0.4) is 0 Å². The molecule has 3 aromatic rings. The Balaban J connectivity index is 1.97. The number of nitrogens with zero attached hydrogens (tertiary/aromatic N) is 1. The van der Waals surface area contributed by atoms with E-state index in [1.54, 1.807) is 12.1 Å². The summed E-state index contributed by atoms with van der Waals surface area (Å²) < 4.78 is 32.6. The highest BCUT2D eigenvalue weighted by molar-refractivity contribution is 5.69. The number of carboxylic acids is 1. The van der Waals surface area contributed by atoms with Gasteiger partial charge in [0.25, 0.3) is 0 Å². The van der Waals surface area contributed by atoms with E-state index in [1.165, 1.54) is 6.07 Å². The van der Waals surface area contributed by atoms with Crippen LogP contribution >= 0.6 is 0 Å². The predicted molar refractivity (Wildman–Crippen MR) is 108 cm³/mol. The molecule has 0 aliphatic heterocycles. The highest BCUT2D eigenvalue weighted by atomic mass is 19.1. The first-order valence-corrected chi connectivity index (χ1v) is 9.25.